The molecule has 2 rings (SSSR count). The maximum absolute atomic E-state index is 10.2. The highest BCUT2D eigenvalue weighted by Gasteiger charge is 2.36. The van der Waals surface area contributed by atoms with Gasteiger partial charge in [0.15, 0.2) is 0 Å². The second kappa shape index (κ2) is 4.01. The molecular weight excluding hydrogens is 196 g/mol. The van der Waals surface area contributed by atoms with E-state index in [9.17, 15) is 5.11 Å². The van der Waals surface area contributed by atoms with Crippen LogP contribution < -0.4 is 0 Å². The lowest BCUT2D eigenvalue weighted by molar-refractivity contribution is -0.138. The summed E-state index contributed by atoms with van der Waals surface area (Å²) in [5, 5.41) is 14.2. The molecule has 1 fully saturated rings. The topological polar surface area (TPSA) is 29.5 Å². The van der Waals surface area contributed by atoms with Gasteiger partial charge in [-0.3, -0.25) is 0 Å². The van der Waals surface area contributed by atoms with Crippen LogP contribution in [-0.4, -0.2) is 17.3 Å². The van der Waals surface area contributed by atoms with Crippen molar-refractivity contribution in [2.75, 3.05) is 6.61 Å². The minimum absolute atomic E-state index is 0.376. The lowest BCUT2D eigenvalue weighted by Gasteiger charge is -2.37. The highest BCUT2D eigenvalue weighted by molar-refractivity contribution is 7.07. The first-order valence-electron chi connectivity index (χ1n) is 5.06. The molecule has 3 heteroatoms. The van der Waals surface area contributed by atoms with Gasteiger partial charge in [-0.15, -0.1) is 0 Å². The average Bonchev–Trinajstić information content (AvgIpc) is 2.70. The van der Waals surface area contributed by atoms with Crippen LogP contribution >= 0.6 is 11.3 Å². The van der Waals surface area contributed by atoms with Crippen molar-refractivity contribution in [2.45, 2.75) is 37.9 Å². The second-order valence-electron chi connectivity index (χ2n) is 4.08. The summed E-state index contributed by atoms with van der Waals surface area (Å²) in [6.45, 7) is 2.78. The van der Waals surface area contributed by atoms with Crippen LogP contribution in [0, 0.1) is 0 Å². The number of rotatable bonds is 2. The molecule has 0 aliphatic carbocycles. The van der Waals surface area contributed by atoms with Crippen molar-refractivity contribution < 1.29 is 9.84 Å². The van der Waals surface area contributed by atoms with Gasteiger partial charge in [-0.1, -0.05) is 0 Å². The fourth-order valence-corrected chi connectivity index (χ4v) is 2.63. The minimum Gasteiger partial charge on any atom is -0.385 e. The van der Waals surface area contributed by atoms with Gasteiger partial charge in [0.05, 0.1) is 5.60 Å². The van der Waals surface area contributed by atoms with E-state index in [-0.39, 0.29) is 5.60 Å². The number of ether oxygens (including phenoxy) is 1. The molecule has 2 nitrogen and oxygen atoms in total. The highest BCUT2D eigenvalue weighted by Crippen LogP contribution is 2.36. The van der Waals surface area contributed by atoms with Gasteiger partial charge in [0.2, 0.25) is 0 Å². The molecule has 1 aromatic heterocycles. The summed E-state index contributed by atoms with van der Waals surface area (Å²) < 4.78 is 5.71. The molecule has 2 atom stereocenters. The Bertz CT molecular complexity index is 275. The fourth-order valence-electron chi connectivity index (χ4n) is 1.95. The molecule has 0 amide bonds. The Kier molecular flexibility index (Phi) is 2.91. The van der Waals surface area contributed by atoms with E-state index in [1.165, 1.54) is 0 Å². The Morgan fingerprint density at radius 3 is 3.00 bits per heavy atom. The van der Waals surface area contributed by atoms with Crippen LogP contribution in [0.3, 0.4) is 0 Å². The summed E-state index contributed by atoms with van der Waals surface area (Å²) in [5.41, 5.74) is 0.610. The molecule has 0 bridgehead atoms. The molecule has 0 saturated carbocycles. The van der Waals surface area contributed by atoms with Crippen molar-refractivity contribution in [1.29, 1.82) is 0 Å². The molecule has 2 heterocycles. The van der Waals surface area contributed by atoms with Crippen molar-refractivity contribution >= 4 is 11.3 Å². The van der Waals surface area contributed by atoms with E-state index in [0.29, 0.717) is 0 Å². The molecule has 2 unspecified atom stereocenters. The summed E-state index contributed by atoms with van der Waals surface area (Å²) in [4.78, 5) is 0. The molecular formula is C11H16O2S. The van der Waals surface area contributed by atoms with Crippen LogP contribution in [0.5, 0.6) is 0 Å². The van der Waals surface area contributed by atoms with E-state index in [4.69, 9.17) is 4.74 Å². The smallest absolute Gasteiger partial charge is 0.108 e. The SMILES string of the molecule is CC1(C(O)c2ccsc2)CCCCO1. The monoisotopic (exact) mass is 212 g/mol. The zero-order chi connectivity index (χ0) is 10.0. The molecule has 1 N–H and O–H groups in total. The Morgan fingerprint density at radius 2 is 2.43 bits per heavy atom. The first-order chi connectivity index (χ1) is 6.72. The van der Waals surface area contributed by atoms with Gasteiger partial charge in [0, 0.05) is 6.61 Å². The van der Waals surface area contributed by atoms with Crippen molar-refractivity contribution in [3.05, 3.63) is 22.4 Å². The third kappa shape index (κ3) is 1.85. The molecule has 1 aliphatic heterocycles. The van der Waals surface area contributed by atoms with Gasteiger partial charge in [-0.25, -0.2) is 0 Å². The van der Waals surface area contributed by atoms with Crippen LogP contribution in [0.15, 0.2) is 16.8 Å². The molecule has 14 heavy (non-hydrogen) atoms. The van der Waals surface area contributed by atoms with Gasteiger partial charge in [-0.05, 0) is 48.6 Å². The Hall–Kier alpha value is -0.380. The normalized spacial score (nSPS) is 30.1. The lowest BCUT2D eigenvalue weighted by atomic mass is 9.87. The molecule has 78 valence electrons. The molecule has 1 aliphatic rings. The second-order valence-corrected chi connectivity index (χ2v) is 4.86. The van der Waals surface area contributed by atoms with Crippen LogP contribution in [0.2, 0.25) is 0 Å². The van der Waals surface area contributed by atoms with E-state index in [0.717, 1.165) is 31.4 Å². The average molecular weight is 212 g/mol. The molecule has 1 aromatic rings. The van der Waals surface area contributed by atoms with Gasteiger partial charge in [0.1, 0.15) is 6.10 Å². The van der Waals surface area contributed by atoms with Crippen LogP contribution in [-0.2, 0) is 4.74 Å². The molecule has 0 aromatic carbocycles. The van der Waals surface area contributed by atoms with Crippen molar-refractivity contribution in [3.63, 3.8) is 0 Å². The number of hydrogen-bond acceptors (Lipinski definition) is 3. The number of thiophene rings is 1. The summed E-state index contributed by atoms with van der Waals surface area (Å²) in [6, 6.07) is 1.97. The third-order valence-corrected chi connectivity index (χ3v) is 3.64. The Balaban J connectivity index is 2.13. The van der Waals surface area contributed by atoms with Crippen molar-refractivity contribution in [3.8, 4) is 0 Å². The van der Waals surface area contributed by atoms with Gasteiger partial charge >= 0.3 is 0 Å². The first-order valence-corrected chi connectivity index (χ1v) is 6.01. The predicted octanol–water partition coefficient (Wildman–Crippen LogP) is 2.74. The number of aliphatic hydroxyl groups is 1. The standard InChI is InChI=1S/C11H16O2S/c1-11(5-2-3-6-13-11)10(12)9-4-7-14-8-9/h4,7-8,10,12H,2-3,5-6H2,1H3. The van der Waals surface area contributed by atoms with Gasteiger partial charge in [0.25, 0.3) is 0 Å². The van der Waals surface area contributed by atoms with E-state index < -0.39 is 6.10 Å². The zero-order valence-electron chi connectivity index (χ0n) is 8.40. The summed E-state index contributed by atoms with van der Waals surface area (Å²) in [6.07, 6.45) is 2.74. The summed E-state index contributed by atoms with van der Waals surface area (Å²) in [5.74, 6) is 0. The Labute approximate surface area is 88.5 Å². The summed E-state index contributed by atoms with van der Waals surface area (Å²) in [7, 11) is 0. The minimum atomic E-state index is -0.478. The van der Waals surface area contributed by atoms with Crippen LogP contribution in [0.4, 0.5) is 0 Å². The maximum Gasteiger partial charge on any atom is 0.108 e. The quantitative estimate of drug-likeness (QED) is 0.816. The van der Waals surface area contributed by atoms with Crippen molar-refractivity contribution in [2.24, 2.45) is 0 Å². The van der Waals surface area contributed by atoms with Crippen LogP contribution in [0.25, 0.3) is 0 Å². The Morgan fingerprint density at radius 1 is 1.57 bits per heavy atom. The fraction of sp³-hybridized carbons (Fsp3) is 0.636. The highest BCUT2D eigenvalue weighted by atomic mass is 32.1. The molecule has 0 radical (unpaired) electrons. The summed E-state index contributed by atoms with van der Waals surface area (Å²) >= 11 is 1.62. The van der Waals surface area contributed by atoms with E-state index in [1.807, 2.05) is 23.8 Å². The molecule has 1 saturated heterocycles. The largest absolute Gasteiger partial charge is 0.385 e. The van der Waals surface area contributed by atoms with Gasteiger partial charge < -0.3 is 9.84 Å². The van der Waals surface area contributed by atoms with E-state index in [2.05, 4.69) is 0 Å². The van der Waals surface area contributed by atoms with E-state index >= 15 is 0 Å². The van der Waals surface area contributed by atoms with Crippen molar-refractivity contribution in [1.82, 2.24) is 0 Å². The maximum atomic E-state index is 10.2. The van der Waals surface area contributed by atoms with Gasteiger partial charge in [-0.2, -0.15) is 11.3 Å². The van der Waals surface area contributed by atoms with Crippen LogP contribution in [0.1, 0.15) is 37.9 Å². The molecule has 0 spiro atoms. The van der Waals surface area contributed by atoms with E-state index in [1.54, 1.807) is 11.3 Å². The number of hydrogen-bond donors (Lipinski definition) is 1. The zero-order valence-corrected chi connectivity index (χ0v) is 9.22. The third-order valence-electron chi connectivity index (χ3n) is 2.94. The predicted molar refractivity (Wildman–Crippen MR) is 57.5 cm³/mol. The first kappa shape index (κ1) is 10.1. The lowest BCUT2D eigenvalue weighted by Crippen LogP contribution is -2.39. The number of aliphatic hydroxyl groups excluding tert-OH is 1.